The molecule has 1 amide bonds. The third-order valence-corrected chi connectivity index (χ3v) is 3.28. The van der Waals surface area contributed by atoms with Crippen LogP contribution in [0.1, 0.15) is 19.8 Å². The van der Waals surface area contributed by atoms with Crippen LogP contribution in [0, 0.1) is 5.92 Å². The molecule has 3 nitrogen and oxygen atoms in total. The van der Waals surface area contributed by atoms with Crippen molar-refractivity contribution in [1.29, 1.82) is 0 Å². The van der Waals surface area contributed by atoms with Gasteiger partial charge < -0.3 is 5.32 Å². The van der Waals surface area contributed by atoms with Gasteiger partial charge in [-0.15, -0.1) is 0 Å². The Kier molecular flexibility index (Phi) is 4.59. The van der Waals surface area contributed by atoms with E-state index in [1.54, 1.807) is 6.92 Å². The lowest BCUT2D eigenvalue weighted by molar-refractivity contribution is -0.118. The zero-order valence-electron chi connectivity index (χ0n) is 8.38. The summed E-state index contributed by atoms with van der Waals surface area (Å²) in [5.41, 5.74) is 0. The summed E-state index contributed by atoms with van der Waals surface area (Å²) >= 11 is 1.82. The summed E-state index contributed by atoms with van der Waals surface area (Å²) < 4.78 is 2.39. The molecule has 4 heteroatoms. The quantitative estimate of drug-likeness (QED) is 0.693. The van der Waals surface area contributed by atoms with Crippen LogP contribution in [-0.4, -0.2) is 36.1 Å². The smallest absolute Gasteiger partial charge is 0.216 e. The summed E-state index contributed by atoms with van der Waals surface area (Å²) in [5.74, 6) is 0.860. The third kappa shape index (κ3) is 4.00. The van der Waals surface area contributed by atoms with E-state index < -0.39 is 0 Å². The second kappa shape index (κ2) is 5.50. The molecule has 1 rings (SSSR count). The fourth-order valence-electron chi connectivity index (χ4n) is 1.65. The average molecular weight is 202 g/mol. The molecule has 0 aromatic carbocycles. The molecule has 1 heterocycles. The zero-order valence-corrected chi connectivity index (χ0v) is 9.19. The maximum Gasteiger partial charge on any atom is 0.216 e. The molecule has 0 radical (unpaired) electrons. The number of hydrogen-bond acceptors (Lipinski definition) is 3. The molecule has 13 heavy (non-hydrogen) atoms. The third-order valence-electron chi connectivity index (χ3n) is 2.43. The highest BCUT2D eigenvalue weighted by atomic mass is 32.2. The van der Waals surface area contributed by atoms with E-state index in [0.29, 0.717) is 0 Å². The normalized spacial score (nSPS) is 23.4. The summed E-state index contributed by atoms with van der Waals surface area (Å²) in [5, 5.41) is 2.84. The van der Waals surface area contributed by atoms with Gasteiger partial charge in [-0.1, -0.05) is 11.9 Å². The van der Waals surface area contributed by atoms with E-state index in [4.69, 9.17) is 0 Å². The van der Waals surface area contributed by atoms with Gasteiger partial charge >= 0.3 is 0 Å². The summed E-state index contributed by atoms with van der Waals surface area (Å²) in [6, 6.07) is 0. The van der Waals surface area contributed by atoms with Gasteiger partial charge in [0.2, 0.25) is 5.91 Å². The molecule has 1 aliphatic heterocycles. The fraction of sp³-hybridized carbons (Fsp3) is 0.889. The highest BCUT2D eigenvalue weighted by Crippen LogP contribution is 2.23. The van der Waals surface area contributed by atoms with Crippen molar-refractivity contribution in [3.05, 3.63) is 0 Å². The van der Waals surface area contributed by atoms with E-state index in [1.807, 2.05) is 11.9 Å². The molecular formula is C9H18N2OS. The Morgan fingerprint density at radius 2 is 2.46 bits per heavy atom. The van der Waals surface area contributed by atoms with Crippen LogP contribution in [0.4, 0.5) is 0 Å². The number of amides is 1. The summed E-state index contributed by atoms with van der Waals surface area (Å²) in [6.45, 7) is 4.79. The molecule has 0 aromatic rings. The van der Waals surface area contributed by atoms with Crippen molar-refractivity contribution in [1.82, 2.24) is 9.62 Å². The zero-order chi connectivity index (χ0) is 9.68. The van der Waals surface area contributed by atoms with Gasteiger partial charge in [0.05, 0.1) is 0 Å². The largest absolute Gasteiger partial charge is 0.356 e. The first kappa shape index (κ1) is 10.9. The number of nitrogens with one attached hydrogen (secondary N) is 1. The predicted octanol–water partition coefficient (Wildman–Crippen LogP) is 1.11. The Morgan fingerprint density at radius 1 is 1.69 bits per heavy atom. The van der Waals surface area contributed by atoms with E-state index in [2.05, 4.69) is 15.9 Å². The molecule has 0 aliphatic carbocycles. The molecule has 1 atom stereocenters. The topological polar surface area (TPSA) is 32.3 Å². The van der Waals surface area contributed by atoms with E-state index in [-0.39, 0.29) is 5.91 Å². The second-order valence-electron chi connectivity index (χ2n) is 3.50. The number of carbonyl (C=O) groups excluding carboxylic acids is 1. The minimum absolute atomic E-state index is 0.0831. The molecular weight excluding hydrogens is 184 g/mol. The SMILES string of the molecule is CSN1CCC(CCNC(C)=O)C1. The maximum absolute atomic E-state index is 10.6. The van der Waals surface area contributed by atoms with E-state index in [0.717, 1.165) is 18.9 Å². The van der Waals surface area contributed by atoms with E-state index in [9.17, 15) is 4.79 Å². The monoisotopic (exact) mass is 202 g/mol. The fourth-order valence-corrected chi connectivity index (χ4v) is 2.30. The molecule has 1 unspecified atom stereocenters. The molecule has 76 valence electrons. The van der Waals surface area contributed by atoms with Gasteiger partial charge in [-0.2, -0.15) is 0 Å². The first-order valence-electron chi connectivity index (χ1n) is 4.76. The molecule has 1 aliphatic rings. The van der Waals surface area contributed by atoms with Crippen LogP contribution in [0.15, 0.2) is 0 Å². The van der Waals surface area contributed by atoms with Gasteiger partial charge in [0.25, 0.3) is 0 Å². The van der Waals surface area contributed by atoms with Gasteiger partial charge in [-0.3, -0.25) is 9.10 Å². The van der Waals surface area contributed by atoms with E-state index >= 15 is 0 Å². The maximum atomic E-state index is 10.6. The molecule has 1 saturated heterocycles. The van der Waals surface area contributed by atoms with Crippen LogP contribution in [-0.2, 0) is 4.79 Å². The Bertz CT molecular complexity index is 175. The van der Waals surface area contributed by atoms with Crippen molar-refractivity contribution >= 4 is 17.9 Å². The van der Waals surface area contributed by atoms with Crippen molar-refractivity contribution in [2.24, 2.45) is 5.92 Å². The molecule has 0 aromatic heterocycles. The predicted molar refractivity (Wildman–Crippen MR) is 56.5 cm³/mol. The van der Waals surface area contributed by atoms with Crippen LogP contribution < -0.4 is 5.32 Å². The molecule has 0 bridgehead atoms. The lowest BCUT2D eigenvalue weighted by atomic mass is 10.1. The van der Waals surface area contributed by atoms with Gasteiger partial charge in [0.1, 0.15) is 0 Å². The number of carbonyl (C=O) groups is 1. The number of hydrogen-bond donors (Lipinski definition) is 1. The standard InChI is InChI=1S/C9H18N2OS/c1-8(12)10-5-3-9-4-6-11(7-9)13-2/h9H,3-7H2,1-2H3,(H,10,12). The molecule has 1 N–H and O–H groups in total. The van der Waals surface area contributed by atoms with Crippen LogP contribution in [0.2, 0.25) is 0 Å². The van der Waals surface area contributed by atoms with Gasteiger partial charge in [0.15, 0.2) is 0 Å². The molecule has 0 saturated carbocycles. The Balaban J connectivity index is 2.07. The first-order chi connectivity index (χ1) is 6.22. The minimum atomic E-state index is 0.0831. The second-order valence-corrected chi connectivity index (χ2v) is 4.38. The highest BCUT2D eigenvalue weighted by Gasteiger charge is 2.21. The number of nitrogens with zero attached hydrogens (tertiary/aromatic N) is 1. The van der Waals surface area contributed by atoms with Crippen molar-refractivity contribution in [2.45, 2.75) is 19.8 Å². The first-order valence-corrected chi connectivity index (χ1v) is 5.94. The minimum Gasteiger partial charge on any atom is -0.356 e. The van der Waals surface area contributed by atoms with Crippen molar-refractivity contribution in [2.75, 3.05) is 25.9 Å². The van der Waals surface area contributed by atoms with Gasteiger partial charge in [0, 0.05) is 26.6 Å². The van der Waals surface area contributed by atoms with Crippen molar-refractivity contribution in [3.8, 4) is 0 Å². The van der Waals surface area contributed by atoms with Crippen molar-refractivity contribution in [3.63, 3.8) is 0 Å². The lowest BCUT2D eigenvalue weighted by Crippen LogP contribution is -2.23. The van der Waals surface area contributed by atoms with Crippen LogP contribution >= 0.6 is 11.9 Å². The van der Waals surface area contributed by atoms with Crippen LogP contribution in [0.3, 0.4) is 0 Å². The lowest BCUT2D eigenvalue weighted by Gasteiger charge is -2.11. The highest BCUT2D eigenvalue weighted by molar-refractivity contribution is 7.96. The average Bonchev–Trinajstić information content (AvgIpc) is 2.52. The van der Waals surface area contributed by atoms with Gasteiger partial charge in [-0.25, -0.2) is 0 Å². The van der Waals surface area contributed by atoms with Gasteiger partial charge in [-0.05, 0) is 25.0 Å². The Morgan fingerprint density at radius 3 is 3.00 bits per heavy atom. The Labute approximate surface area is 84.4 Å². The molecule has 0 spiro atoms. The van der Waals surface area contributed by atoms with Crippen molar-refractivity contribution < 1.29 is 4.79 Å². The van der Waals surface area contributed by atoms with Crippen LogP contribution in [0.5, 0.6) is 0 Å². The summed E-state index contributed by atoms with van der Waals surface area (Å²) in [4.78, 5) is 10.6. The molecule has 1 fully saturated rings. The summed E-state index contributed by atoms with van der Waals surface area (Å²) in [6.07, 6.45) is 4.52. The van der Waals surface area contributed by atoms with Crippen LogP contribution in [0.25, 0.3) is 0 Å². The number of rotatable bonds is 4. The van der Waals surface area contributed by atoms with E-state index in [1.165, 1.54) is 19.5 Å². The summed E-state index contributed by atoms with van der Waals surface area (Å²) in [7, 11) is 0. The Hall–Kier alpha value is -0.220.